The maximum Gasteiger partial charge on any atom is 0.315 e. The third-order valence-corrected chi connectivity index (χ3v) is 5.22. The van der Waals surface area contributed by atoms with Crippen LogP contribution in [-0.2, 0) is 17.7 Å². The molecule has 1 atom stereocenters. The number of hydrogen-bond acceptors (Lipinski definition) is 3. The predicted molar refractivity (Wildman–Crippen MR) is 81.9 cm³/mol. The maximum atomic E-state index is 12.1. The molecule has 0 radical (unpaired) electrons. The van der Waals surface area contributed by atoms with E-state index in [-0.39, 0.29) is 6.03 Å². The first-order valence-corrected chi connectivity index (χ1v) is 8.13. The summed E-state index contributed by atoms with van der Waals surface area (Å²) in [7, 11) is 0. The third-order valence-electron chi connectivity index (χ3n) is 5.22. The minimum Gasteiger partial charge on any atom is -0.493 e. The molecule has 2 N–H and O–H groups in total. The zero-order chi connectivity index (χ0) is 15.0. The summed E-state index contributed by atoms with van der Waals surface area (Å²) in [5.74, 6) is 0.954. The van der Waals surface area contributed by atoms with Crippen molar-refractivity contribution in [1.29, 1.82) is 0 Å². The van der Waals surface area contributed by atoms with Crippen LogP contribution >= 0.6 is 0 Å². The number of benzene rings is 1. The third kappa shape index (κ3) is 2.54. The van der Waals surface area contributed by atoms with E-state index in [9.17, 15) is 4.79 Å². The Hall–Kier alpha value is -1.75. The number of hydrogen-bond donors (Lipinski definition) is 2. The van der Waals surface area contributed by atoms with Crippen molar-refractivity contribution in [1.82, 2.24) is 10.6 Å². The number of para-hydroxylation sites is 1. The first kappa shape index (κ1) is 13.9. The van der Waals surface area contributed by atoms with E-state index in [4.69, 9.17) is 9.47 Å². The fourth-order valence-electron chi connectivity index (χ4n) is 3.69. The van der Waals surface area contributed by atoms with Gasteiger partial charge in [0.2, 0.25) is 0 Å². The second-order valence-electron chi connectivity index (χ2n) is 6.56. The smallest absolute Gasteiger partial charge is 0.315 e. The molecule has 2 amide bonds. The monoisotopic (exact) mass is 302 g/mol. The number of fused-ring (bicyclic) bond motifs is 1. The quantitative estimate of drug-likeness (QED) is 0.897. The molecule has 2 fully saturated rings. The Kier molecular flexibility index (Phi) is 3.45. The lowest BCUT2D eigenvalue weighted by Gasteiger charge is -2.23. The molecule has 2 aliphatic heterocycles. The second kappa shape index (κ2) is 5.47. The summed E-state index contributed by atoms with van der Waals surface area (Å²) >= 11 is 0. The summed E-state index contributed by atoms with van der Waals surface area (Å²) in [6, 6.07) is 6.37. The van der Waals surface area contributed by atoms with Crippen LogP contribution in [0.3, 0.4) is 0 Å². The first-order valence-electron chi connectivity index (χ1n) is 8.13. The number of amides is 2. The highest BCUT2D eigenvalue weighted by Gasteiger charge is 2.55. The Morgan fingerprint density at radius 2 is 2.14 bits per heavy atom. The number of carbonyl (C=O) groups excluding carboxylic acids is 1. The number of ether oxygens (including phenoxy) is 2. The van der Waals surface area contributed by atoms with Crippen LogP contribution in [0.25, 0.3) is 0 Å². The lowest BCUT2D eigenvalue weighted by Crippen LogP contribution is -2.39. The van der Waals surface area contributed by atoms with Crippen LogP contribution in [0, 0.1) is 5.41 Å². The van der Waals surface area contributed by atoms with E-state index in [0.717, 1.165) is 56.8 Å². The van der Waals surface area contributed by atoms with E-state index in [0.29, 0.717) is 18.0 Å². The molecule has 22 heavy (non-hydrogen) atoms. The van der Waals surface area contributed by atoms with Crippen molar-refractivity contribution < 1.29 is 14.3 Å². The van der Waals surface area contributed by atoms with Crippen LogP contribution in [0.2, 0.25) is 0 Å². The van der Waals surface area contributed by atoms with Gasteiger partial charge in [0.05, 0.1) is 6.61 Å². The standard InChI is InChI=1S/C17H22N2O3/c20-16(19-14-10-17(14)5-8-21-9-6-17)18-11-13-3-1-2-12-4-7-22-15(12)13/h1-3,14H,4-11H2,(H2,18,19,20)/t14-/m0/s1. The summed E-state index contributed by atoms with van der Waals surface area (Å²) < 4.78 is 11.1. The van der Waals surface area contributed by atoms with E-state index in [1.807, 2.05) is 12.1 Å². The van der Waals surface area contributed by atoms with Crippen molar-refractivity contribution in [2.24, 2.45) is 5.41 Å². The SMILES string of the molecule is O=C(NCc1cccc2c1OCC2)N[C@H]1CC12CCOCC2. The van der Waals surface area contributed by atoms with Crippen LogP contribution in [0.15, 0.2) is 18.2 Å². The number of urea groups is 1. The molecule has 0 aromatic heterocycles. The summed E-state index contributed by atoms with van der Waals surface area (Å²) in [5.41, 5.74) is 2.61. The van der Waals surface area contributed by atoms with Crippen molar-refractivity contribution in [3.05, 3.63) is 29.3 Å². The first-order chi connectivity index (χ1) is 10.8. The fraction of sp³-hybridized carbons (Fsp3) is 0.588. The van der Waals surface area contributed by atoms with Crippen molar-refractivity contribution in [3.8, 4) is 5.75 Å². The summed E-state index contributed by atoms with van der Waals surface area (Å²) in [4.78, 5) is 12.1. The Bertz CT molecular complexity index is 581. The van der Waals surface area contributed by atoms with Gasteiger partial charge >= 0.3 is 6.03 Å². The Balaban J connectivity index is 1.30. The molecule has 1 aromatic carbocycles. The molecule has 1 aromatic rings. The van der Waals surface area contributed by atoms with E-state index in [2.05, 4.69) is 16.7 Å². The molecule has 0 bridgehead atoms. The Morgan fingerprint density at radius 1 is 1.27 bits per heavy atom. The van der Waals surface area contributed by atoms with Crippen LogP contribution < -0.4 is 15.4 Å². The molecule has 5 nitrogen and oxygen atoms in total. The molecule has 4 rings (SSSR count). The Labute approximate surface area is 130 Å². The van der Waals surface area contributed by atoms with Gasteiger partial charge in [-0.25, -0.2) is 4.79 Å². The fourth-order valence-corrected chi connectivity index (χ4v) is 3.69. The minimum atomic E-state index is -0.0797. The van der Waals surface area contributed by atoms with Gasteiger partial charge in [-0.2, -0.15) is 0 Å². The van der Waals surface area contributed by atoms with Gasteiger partial charge in [-0.3, -0.25) is 0 Å². The molecule has 1 saturated carbocycles. The van der Waals surface area contributed by atoms with Crippen molar-refractivity contribution in [2.75, 3.05) is 19.8 Å². The van der Waals surface area contributed by atoms with E-state index in [1.165, 1.54) is 5.56 Å². The molecule has 2 heterocycles. The van der Waals surface area contributed by atoms with Crippen molar-refractivity contribution in [2.45, 2.75) is 38.3 Å². The second-order valence-corrected chi connectivity index (χ2v) is 6.56. The van der Waals surface area contributed by atoms with Gasteiger partial charge in [0.25, 0.3) is 0 Å². The molecule has 1 aliphatic carbocycles. The summed E-state index contributed by atoms with van der Waals surface area (Å²) in [6.07, 6.45) is 4.19. The van der Waals surface area contributed by atoms with E-state index < -0.39 is 0 Å². The zero-order valence-corrected chi connectivity index (χ0v) is 12.7. The van der Waals surface area contributed by atoms with Gasteiger partial charge in [0.15, 0.2) is 0 Å². The van der Waals surface area contributed by atoms with Gasteiger partial charge in [0.1, 0.15) is 5.75 Å². The Morgan fingerprint density at radius 3 is 3.00 bits per heavy atom. The lowest BCUT2D eigenvalue weighted by molar-refractivity contribution is 0.0547. The lowest BCUT2D eigenvalue weighted by atomic mass is 9.96. The molecule has 1 spiro atoms. The predicted octanol–water partition coefficient (Wildman–Crippen LogP) is 1.99. The molecule has 5 heteroatoms. The largest absolute Gasteiger partial charge is 0.493 e. The van der Waals surface area contributed by atoms with Gasteiger partial charge in [-0.1, -0.05) is 18.2 Å². The van der Waals surface area contributed by atoms with Crippen LogP contribution in [0.1, 0.15) is 30.4 Å². The normalized spacial score (nSPS) is 24.5. The van der Waals surface area contributed by atoms with Gasteiger partial charge in [0, 0.05) is 37.8 Å². The van der Waals surface area contributed by atoms with Crippen LogP contribution in [-0.4, -0.2) is 31.9 Å². The molecular weight excluding hydrogens is 280 g/mol. The van der Waals surface area contributed by atoms with Crippen molar-refractivity contribution in [3.63, 3.8) is 0 Å². The molecular formula is C17H22N2O3. The summed E-state index contributed by atoms with van der Waals surface area (Å²) in [6.45, 7) is 2.91. The highest BCUT2D eigenvalue weighted by atomic mass is 16.5. The topological polar surface area (TPSA) is 59.6 Å². The van der Waals surface area contributed by atoms with Crippen molar-refractivity contribution >= 4 is 6.03 Å². The number of carbonyl (C=O) groups is 1. The molecule has 0 unspecified atom stereocenters. The maximum absolute atomic E-state index is 12.1. The van der Waals surface area contributed by atoms with Gasteiger partial charge in [-0.15, -0.1) is 0 Å². The highest BCUT2D eigenvalue weighted by molar-refractivity contribution is 5.75. The van der Waals surface area contributed by atoms with Crippen LogP contribution in [0.5, 0.6) is 5.75 Å². The average Bonchev–Trinajstić information content (AvgIpc) is 2.98. The minimum absolute atomic E-state index is 0.0797. The molecule has 3 aliphatic rings. The zero-order valence-electron chi connectivity index (χ0n) is 12.7. The highest BCUT2D eigenvalue weighted by Crippen LogP contribution is 2.53. The number of nitrogens with one attached hydrogen (secondary N) is 2. The average molecular weight is 302 g/mol. The van der Waals surface area contributed by atoms with Gasteiger partial charge in [-0.05, 0) is 30.2 Å². The molecule has 118 valence electrons. The van der Waals surface area contributed by atoms with Crippen LogP contribution in [0.4, 0.5) is 4.79 Å². The molecule has 1 saturated heterocycles. The van der Waals surface area contributed by atoms with Gasteiger partial charge < -0.3 is 20.1 Å². The number of rotatable bonds is 3. The van der Waals surface area contributed by atoms with E-state index in [1.54, 1.807) is 0 Å². The summed E-state index contributed by atoms with van der Waals surface area (Å²) in [5, 5.41) is 6.07. The van der Waals surface area contributed by atoms with E-state index >= 15 is 0 Å².